The van der Waals surface area contributed by atoms with Gasteiger partial charge in [-0.05, 0) is 50.2 Å². The van der Waals surface area contributed by atoms with Crippen LogP contribution in [0.4, 0.5) is 11.4 Å². The van der Waals surface area contributed by atoms with Gasteiger partial charge >= 0.3 is 0 Å². The number of carbonyl (C=O) groups is 3. The Morgan fingerprint density at radius 3 is 2.69 bits per heavy atom. The molecule has 2 amide bonds. The standard InChI is InChI=1S/C19H17ClN2O4/c1-11(23)13-6-7-17-16(8-13)22(19(25)12(2)26-17)10-18(24)21-15-5-3-4-14(20)9-15/h3-9,12H,10H2,1-2H3,(H,21,24). The topological polar surface area (TPSA) is 75.7 Å². The third-order valence-corrected chi connectivity index (χ3v) is 4.22. The number of fused-ring (bicyclic) bond motifs is 1. The van der Waals surface area contributed by atoms with Crippen molar-refractivity contribution in [2.75, 3.05) is 16.8 Å². The maximum absolute atomic E-state index is 12.5. The van der Waals surface area contributed by atoms with Crippen LogP contribution in [0, 0.1) is 0 Å². The number of nitrogens with one attached hydrogen (secondary N) is 1. The van der Waals surface area contributed by atoms with Crippen LogP contribution in [0.3, 0.4) is 0 Å². The average molecular weight is 373 g/mol. The molecule has 1 unspecified atom stereocenters. The summed E-state index contributed by atoms with van der Waals surface area (Å²) in [5.74, 6) is -0.409. The van der Waals surface area contributed by atoms with E-state index in [0.29, 0.717) is 27.7 Å². The Morgan fingerprint density at radius 2 is 2.00 bits per heavy atom. The number of benzene rings is 2. The number of amides is 2. The van der Waals surface area contributed by atoms with Crippen molar-refractivity contribution in [2.45, 2.75) is 20.0 Å². The van der Waals surface area contributed by atoms with Gasteiger partial charge in [0, 0.05) is 16.3 Å². The molecule has 0 aromatic heterocycles. The van der Waals surface area contributed by atoms with Gasteiger partial charge in [-0.3, -0.25) is 19.3 Å². The van der Waals surface area contributed by atoms with E-state index in [9.17, 15) is 14.4 Å². The molecule has 3 rings (SSSR count). The Kier molecular flexibility index (Phi) is 4.95. The van der Waals surface area contributed by atoms with E-state index < -0.39 is 6.10 Å². The van der Waals surface area contributed by atoms with Gasteiger partial charge in [-0.2, -0.15) is 0 Å². The summed E-state index contributed by atoms with van der Waals surface area (Å²) in [6.45, 7) is 2.85. The molecule has 1 aliphatic heterocycles. The van der Waals surface area contributed by atoms with Crippen LogP contribution in [0.1, 0.15) is 24.2 Å². The number of halogens is 1. The molecule has 6 nitrogen and oxygen atoms in total. The predicted molar refractivity (Wildman–Crippen MR) is 99.0 cm³/mol. The zero-order chi connectivity index (χ0) is 18.8. The number of ketones is 1. The van der Waals surface area contributed by atoms with Crippen molar-refractivity contribution < 1.29 is 19.1 Å². The third kappa shape index (κ3) is 3.70. The summed E-state index contributed by atoms with van der Waals surface area (Å²) in [4.78, 5) is 37.9. The Bertz CT molecular complexity index is 897. The van der Waals surface area contributed by atoms with Crippen LogP contribution in [-0.4, -0.2) is 30.2 Å². The average Bonchev–Trinajstić information content (AvgIpc) is 2.58. The van der Waals surface area contributed by atoms with Gasteiger partial charge < -0.3 is 10.1 Å². The molecule has 0 bridgehead atoms. The minimum absolute atomic E-state index is 0.137. The van der Waals surface area contributed by atoms with Crippen molar-refractivity contribution >= 4 is 40.6 Å². The summed E-state index contributed by atoms with van der Waals surface area (Å²) >= 11 is 5.91. The molecule has 0 saturated heterocycles. The Balaban J connectivity index is 1.86. The molecule has 0 saturated carbocycles. The number of rotatable bonds is 4. The van der Waals surface area contributed by atoms with Crippen molar-refractivity contribution in [1.29, 1.82) is 0 Å². The van der Waals surface area contributed by atoms with E-state index in [1.807, 2.05) is 0 Å². The fourth-order valence-electron chi connectivity index (χ4n) is 2.70. The van der Waals surface area contributed by atoms with Gasteiger partial charge in [-0.1, -0.05) is 17.7 Å². The zero-order valence-corrected chi connectivity index (χ0v) is 15.0. The van der Waals surface area contributed by atoms with Crippen molar-refractivity contribution in [3.8, 4) is 5.75 Å². The molecule has 2 aromatic rings. The van der Waals surface area contributed by atoms with Gasteiger partial charge in [0.2, 0.25) is 5.91 Å². The summed E-state index contributed by atoms with van der Waals surface area (Å²) in [5.41, 5.74) is 1.38. The lowest BCUT2D eigenvalue weighted by atomic mass is 10.1. The number of hydrogen-bond acceptors (Lipinski definition) is 4. The number of Topliss-reactive ketones (excluding diaryl/α,β-unsaturated/α-hetero) is 1. The lowest BCUT2D eigenvalue weighted by Gasteiger charge is -2.32. The van der Waals surface area contributed by atoms with Gasteiger partial charge in [-0.25, -0.2) is 0 Å². The molecule has 0 radical (unpaired) electrons. The Labute approximate surface area is 155 Å². The van der Waals surface area contributed by atoms with Crippen LogP contribution in [-0.2, 0) is 9.59 Å². The second-order valence-corrected chi connectivity index (χ2v) is 6.42. The highest BCUT2D eigenvalue weighted by atomic mass is 35.5. The lowest BCUT2D eigenvalue weighted by molar-refractivity contribution is -0.127. The fourth-order valence-corrected chi connectivity index (χ4v) is 2.89. The number of ether oxygens (including phenoxy) is 1. The number of anilines is 2. The third-order valence-electron chi connectivity index (χ3n) is 3.98. The lowest BCUT2D eigenvalue weighted by Crippen LogP contribution is -2.47. The predicted octanol–water partition coefficient (Wildman–Crippen LogP) is 3.30. The molecule has 1 heterocycles. The first-order valence-electron chi connectivity index (χ1n) is 8.03. The van der Waals surface area contributed by atoms with Gasteiger partial charge in [0.05, 0.1) is 5.69 Å². The monoisotopic (exact) mass is 372 g/mol. The van der Waals surface area contributed by atoms with E-state index >= 15 is 0 Å². The molecular formula is C19H17ClN2O4. The molecule has 0 fully saturated rings. The van der Waals surface area contributed by atoms with Crippen molar-refractivity contribution in [3.05, 3.63) is 53.1 Å². The van der Waals surface area contributed by atoms with Crippen LogP contribution in [0.15, 0.2) is 42.5 Å². The summed E-state index contributed by atoms with van der Waals surface area (Å²) < 4.78 is 5.57. The van der Waals surface area contributed by atoms with Crippen molar-refractivity contribution in [3.63, 3.8) is 0 Å². The van der Waals surface area contributed by atoms with E-state index in [4.69, 9.17) is 16.3 Å². The highest BCUT2D eigenvalue weighted by molar-refractivity contribution is 6.30. The maximum Gasteiger partial charge on any atom is 0.268 e. The Morgan fingerprint density at radius 1 is 1.23 bits per heavy atom. The second kappa shape index (κ2) is 7.17. The quantitative estimate of drug-likeness (QED) is 0.835. The van der Waals surface area contributed by atoms with Gasteiger partial charge in [0.25, 0.3) is 5.91 Å². The largest absolute Gasteiger partial charge is 0.479 e. The first-order valence-corrected chi connectivity index (χ1v) is 8.41. The summed E-state index contributed by atoms with van der Waals surface area (Å²) in [6.07, 6.45) is -0.718. The first-order chi connectivity index (χ1) is 12.3. The molecule has 0 spiro atoms. The minimum Gasteiger partial charge on any atom is -0.479 e. The number of hydrogen-bond donors (Lipinski definition) is 1. The fraction of sp³-hybridized carbons (Fsp3) is 0.211. The first kappa shape index (κ1) is 17.9. The van der Waals surface area contributed by atoms with Gasteiger partial charge in [0.1, 0.15) is 12.3 Å². The molecule has 134 valence electrons. The molecule has 1 aliphatic rings. The molecule has 1 atom stereocenters. The van der Waals surface area contributed by atoms with Crippen LogP contribution in [0.5, 0.6) is 5.75 Å². The van der Waals surface area contributed by atoms with E-state index in [0.717, 1.165) is 0 Å². The Hall–Kier alpha value is -2.86. The minimum atomic E-state index is -0.718. The van der Waals surface area contributed by atoms with Gasteiger partial charge in [-0.15, -0.1) is 0 Å². The second-order valence-electron chi connectivity index (χ2n) is 5.98. The SMILES string of the molecule is CC(=O)c1ccc2c(c1)N(CC(=O)Nc1cccc(Cl)c1)C(=O)C(C)O2. The van der Waals surface area contributed by atoms with Crippen LogP contribution < -0.4 is 15.0 Å². The van der Waals surface area contributed by atoms with Crippen LogP contribution in [0.2, 0.25) is 5.02 Å². The van der Waals surface area contributed by atoms with Crippen molar-refractivity contribution in [2.24, 2.45) is 0 Å². The molecule has 26 heavy (non-hydrogen) atoms. The van der Waals surface area contributed by atoms with E-state index in [1.54, 1.807) is 49.4 Å². The van der Waals surface area contributed by atoms with E-state index in [1.165, 1.54) is 11.8 Å². The highest BCUT2D eigenvalue weighted by Crippen LogP contribution is 2.35. The van der Waals surface area contributed by atoms with E-state index in [2.05, 4.69) is 5.32 Å². The molecule has 1 N–H and O–H groups in total. The smallest absolute Gasteiger partial charge is 0.268 e. The summed E-state index contributed by atoms with van der Waals surface area (Å²) in [6, 6.07) is 11.6. The maximum atomic E-state index is 12.5. The molecule has 2 aromatic carbocycles. The number of nitrogens with zero attached hydrogens (tertiary/aromatic N) is 1. The van der Waals surface area contributed by atoms with Crippen LogP contribution in [0.25, 0.3) is 0 Å². The zero-order valence-electron chi connectivity index (χ0n) is 14.3. The summed E-state index contributed by atoms with van der Waals surface area (Å²) in [7, 11) is 0. The van der Waals surface area contributed by atoms with E-state index in [-0.39, 0.29) is 24.1 Å². The van der Waals surface area contributed by atoms with Crippen molar-refractivity contribution in [1.82, 2.24) is 0 Å². The summed E-state index contributed by atoms with van der Waals surface area (Å²) in [5, 5.41) is 3.20. The molecule has 0 aliphatic carbocycles. The molecular weight excluding hydrogens is 356 g/mol. The molecule has 7 heteroatoms. The highest BCUT2D eigenvalue weighted by Gasteiger charge is 2.33. The number of carbonyl (C=O) groups excluding carboxylic acids is 3. The van der Waals surface area contributed by atoms with Gasteiger partial charge in [0.15, 0.2) is 11.9 Å². The van der Waals surface area contributed by atoms with Crippen LogP contribution >= 0.6 is 11.6 Å². The normalized spacial score (nSPS) is 15.9.